The predicted molar refractivity (Wildman–Crippen MR) is 68.0 cm³/mol. The molecule has 0 saturated heterocycles. The molecule has 0 aliphatic rings. The number of carbonyl (C=O) groups excluding carboxylic acids is 1. The maximum Gasteiger partial charge on any atom is 0.307 e. The largest absolute Gasteiger partial charge is 0.481 e. The number of aliphatic carboxylic acids is 1. The Morgan fingerprint density at radius 3 is 2.50 bits per heavy atom. The molecule has 0 aliphatic heterocycles. The number of Topliss-reactive ketones (excluding diaryl/α,β-unsaturated/α-hetero) is 1. The third kappa shape index (κ3) is 4.06. The smallest absolute Gasteiger partial charge is 0.307 e. The van der Waals surface area contributed by atoms with Crippen LogP contribution in [0.4, 0.5) is 0 Å². The summed E-state index contributed by atoms with van der Waals surface area (Å²) < 4.78 is 0.830. The van der Waals surface area contributed by atoms with E-state index in [0.29, 0.717) is 17.3 Å². The SMILES string of the molecule is O=C(O)Cc1ccc(Br)c(CC(=O)CBr)c1. The number of rotatable bonds is 5. The highest BCUT2D eigenvalue weighted by Gasteiger charge is 2.08. The van der Waals surface area contributed by atoms with E-state index in [1.807, 2.05) is 0 Å². The number of carboxylic acids is 1. The second-order valence-electron chi connectivity index (χ2n) is 3.35. The monoisotopic (exact) mass is 348 g/mol. The van der Waals surface area contributed by atoms with Crippen LogP contribution in [0, 0.1) is 0 Å². The van der Waals surface area contributed by atoms with Crippen molar-refractivity contribution in [2.24, 2.45) is 0 Å². The van der Waals surface area contributed by atoms with Crippen LogP contribution in [0.3, 0.4) is 0 Å². The molecule has 1 aromatic carbocycles. The fourth-order valence-electron chi connectivity index (χ4n) is 1.31. The number of benzene rings is 1. The van der Waals surface area contributed by atoms with Gasteiger partial charge in [0.25, 0.3) is 0 Å². The Labute approximate surface area is 110 Å². The van der Waals surface area contributed by atoms with Gasteiger partial charge in [0.1, 0.15) is 5.78 Å². The Morgan fingerprint density at radius 1 is 1.25 bits per heavy atom. The molecule has 0 bridgehead atoms. The summed E-state index contributed by atoms with van der Waals surface area (Å²) in [5, 5.41) is 8.98. The summed E-state index contributed by atoms with van der Waals surface area (Å²) in [6, 6.07) is 5.26. The topological polar surface area (TPSA) is 54.4 Å². The van der Waals surface area contributed by atoms with Crippen LogP contribution < -0.4 is 0 Å². The molecular weight excluding hydrogens is 340 g/mol. The van der Waals surface area contributed by atoms with E-state index in [1.54, 1.807) is 18.2 Å². The lowest BCUT2D eigenvalue weighted by molar-refractivity contribution is -0.136. The minimum atomic E-state index is -0.875. The Hall–Kier alpha value is -0.680. The van der Waals surface area contributed by atoms with Crippen LogP contribution >= 0.6 is 31.9 Å². The molecule has 0 saturated carbocycles. The van der Waals surface area contributed by atoms with Crippen molar-refractivity contribution in [2.45, 2.75) is 12.8 Å². The number of carbonyl (C=O) groups is 2. The second kappa shape index (κ2) is 6.15. The highest BCUT2D eigenvalue weighted by Crippen LogP contribution is 2.19. The van der Waals surface area contributed by atoms with Crippen molar-refractivity contribution in [3.63, 3.8) is 0 Å². The van der Waals surface area contributed by atoms with Crippen LogP contribution in [0.5, 0.6) is 0 Å². The Balaban J connectivity index is 2.90. The maximum atomic E-state index is 11.3. The van der Waals surface area contributed by atoms with E-state index < -0.39 is 5.97 Å². The summed E-state index contributed by atoms with van der Waals surface area (Å²) in [5.41, 5.74) is 1.52. The molecule has 0 unspecified atom stereocenters. The van der Waals surface area contributed by atoms with Gasteiger partial charge in [-0.1, -0.05) is 44.0 Å². The van der Waals surface area contributed by atoms with Crippen molar-refractivity contribution >= 4 is 43.6 Å². The molecule has 3 nitrogen and oxygen atoms in total. The van der Waals surface area contributed by atoms with Crippen LogP contribution in [0.25, 0.3) is 0 Å². The first-order valence-electron chi connectivity index (χ1n) is 4.59. The van der Waals surface area contributed by atoms with Crippen molar-refractivity contribution in [3.05, 3.63) is 33.8 Å². The Kier molecular flexibility index (Phi) is 5.15. The second-order valence-corrected chi connectivity index (χ2v) is 4.76. The van der Waals surface area contributed by atoms with E-state index >= 15 is 0 Å². The van der Waals surface area contributed by atoms with Crippen molar-refractivity contribution in [2.75, 3.05) is 5.33 Å². The van der Waals surface area contributed by atoms with E-state index in [1.165, 1.54) is 0 Å². The first-order chi connectivity index (χ1) is 7.52. The number of carboxylic acid groups (broad SMARTS) is 1. The van der Waals surface area contributed by atoms with Gasteiger partial charge in [-0.05, 0) is 17.2 Å². The summed E-state index contributed by atoms with van der Waals surface area (Å²) in [5.74, 6) is -0.812. The average Bonchev–Trinajstić information content (AvgIpc) is 2.22. The first kappa shape index (κ1) is 13.4. The van der Waals surface area contributed by atoms with Gasteiger partial charge >= 0.3 is 5.97 Å². The zero-order chi connectivity index (χ0) is 12.1. The lowest BCUT2D eigenvalue weighted by Crippen LogP contribution is -2.06. The zero-order valence-electron chi connectivity index (χ0n) is 8.37. The number of ketones is 1. The van der Waals surface area contributed by atoms with E-state index in [4.69, 9.17) is 5.11 Å². The fourth-order valence-corrected chi connectivity index (χ4v) is 1.89. The molecule has 16 heavy (non-hydrogen) atoms. The minimum absolute atomic E-state index is 0.0250. The first-order valence-corrected chi connectivity index (χ1v) is 6.51. The zero-order valence-corrected chi connectivity index (χ0v) is 11.5. The molecule has 1 rings (SSSR count). The van der Waals surface area contributed by atoms with Crippen molar-refractivity contribution in [1.82, 2.24) is 0 Å². The molecule has 1 aromatic rings. The van der Waals surface area contributed by atoms with E-state index in [0.717, 1.165) is 10.0 Å². The molecular formula is C11H10Br2O3. The molecule has 1 N–H and O–H groups in total. The minimum Gasteiger partial charge on any atom is -0.481 e. The summed E-state index contributed by atoms with van der Waals surface area (Å²) in [4.78, 5) is 21.8. The Morgan fingerprint density at radius 2 is 1.94 bits per heavy atom. The normalized spacial score (nSPS) is 10.1. The highest BCUT2D eigenvalue weighted by atomic mass is 79.9. The van der Waals surface area contributed by atoms with Gasteiger partial charge in [-0.15, -0.1) is 0 Å². The van der Waals surface area contributed by atoms with Crippen molar-refractivity contribution < 1.29 is 14.7 Å². The van der Waals surface area contributed by atoms with Gasteiger partial charge in [0.2, 0.25) is 0 Å². The van der Waals surface area contributed by atoms with Crippen LogP contribution in [-0.2, 0) is 22.4 Å². The molecule has 0 fully saturated rings. The van der Waals surface area contributed by atoms with Gasteiger partial charge in [-0.3, -0.25) is 9.59 Å². The Bertz CT molecular complexity index is 416. The van der Waals surface area contributed by atoms with E-state index in [2.05, 4.69) is 31.9 Å². The molecule has 0 aromatic heterocycles. The average molecular weight is 350 g/mol. The summed E-state index contributed by atoms with van der Waals surface area (Å²) in [6.45, 7) is 0. The molecule has 0 radical (unpaired) electrons. The summed E-state index contributed by atoms with van der Waals surface area (Å²) in [7, 11) is 0. The van der Waals surface area contributed by atoms with Gasteiger partial charge < -0.3 is 5.11 Å². The maximum absolute atomic E-state index is 11.3. The van der Waals surface area contributed by atoms with E-state index in [-0.39, 0.29) is 12.2 Å². The summed E-state index contributed by atoms with van der Waals surface area (Å²) in [6.07, 6.45) is 0.280. The quantitative estimate of drug-likeness (QED) is 0.831. The van der Waals surface area contributed by atoms with Crippen LogP contribution in [0.1, 0.15) is 11.1 Å². The van der Waals surface area contributed by atoms with Gasteiger partial charge in [0.15, 0.2) is 0 Å². The van der Waals surface area contributed by atoms with Gasteiger partial charge in [-0.2, -0.15) is 0 Å². The lowest BCUT2D eigenvalue weighted by Gasteiger charge is -2.05. The lowest BCUT2D eigenvalue weighted by atomic mass is 10.0. The molecule has 0 atom stereocenters. The standard InChI is InChI=1S/C11H10Br2O3/c12-6-9(14)5-8-3-7(4-11(15)16)1-2-10(8)13/h1-3H,4-6H2,(H,15,16). The van der Waals surface area contributed by atoms with Crippen molar-refractivity contribution in [1.29, 1.82) is 0 Å². The molecule has 0 amide bonds. The van der Waals surface area contributed by atoms with Crippen LogP contribution in [-0.4, -0.2) is 22.2 Å². The number of halogens is 2. The molecule has 86 valence electrons. The number of hydrogen-bond acceptors (Lipinski definition) is 2. The highest BCUT2D eigenvalue weighted by molar-refractivity contribution is 9.10. The number of hydrogen-bond donors (Lipinski definition) is 1. The third-order valence-corrected chi connectivity index (χ3v) is 3.40. The molecule has 0 spiro atoms. The van der Waals surface area contributed by atoms with E-state index in [9.17, 15) is 9.59 Å². The van der Waals surface area contributed by atoms with Gasteiger partial charge in [-0.25, -0.2) is 0 Å². The van der Waals surface area contributed by atoms with Gasteiger partial charge in [0, 0.05) is 10.9 Å². The number of alkyl halides is 1. The van der Waals surface area contributed by atoms with Crippen LogP contribution in [0.2, 0.25) is 0 Å². The van der Waals surface area contributed by atoms with Crippen molar-refractivity contribution in [3.8, 4) is 0 Å². The van der Waals surface area contributed by atoms with Crippen LogP contribution in [0.15, 0.2) is 22.7 Å². The van der Waals surface area contributed by atoms with Gasteiger partial charge in [0.05, 0.1) is 11.8 Å². The molecule has 0 heterocycles. The molecule has 0 aliphatic carbocycles. The predicted octanol–water partition coefficient (Wildman–Crippen LogP) is 2.58. The summed E-state index contributed by atoms with van der Waals surface area (Å²) >= 11 is 6.44. The fraction of sp³-hybridized carbons (Fsp3) is 0.273. The molecule has 5 heteroatoms. The third-order valence-electron chi connectivity index (χ3n) is 2.00.